The molecule has 0 saturated carbocycles. The summed E-state index contributed by atoms with van der Waals surface area (Å²) in [5.41, 5.74) is 0.649. The number of hydrogen-bond donors (Lipinski definition) is 1. The molecule has 0 aliphatic carbocycles. The van der Waals surface area contributed by atoms with Gasteiger partial charge in [-0.25, -0.2) is 13.6 Å². The summed E-state index contributed by atoms with van der Waals surface area (Å²) in [5, 5.41) is 5.35. The van der Waals surface area contributed by atoms with Gasteiger partial charge in [0.2, 0.25) is 10.0 Å². The second-order valence-electron chi connectivity index (χ2n) is 5.11. The van der Waals surface area contributed by atoms with Crippen LogP contribution in [0.2, 0.25) is 5.02 Å². The average molecular weight is 317 g/mol. The van der Waals surface area contributed by atoms with Crippen LogP contribution in [0.3, 0.4) is 0 Å². The molecule has 0 bridgehead atoms. The van der Waals surface area contributed by atoms with Crippen molar-refractivity contribution in [3.8, 4) is 0 Å². The molecular formula is C13H17ClN2O3S. The van der Waals surface area contributed by atoms with Crippen molar-refractivity contribution in [3.63, 3.8) is 0 Å². The van der Waals surface area contributed by atoms with Crippen LogP contribution in [-0.4, -0.2) is 31.8 Å². The van der Waals surface area contributed by atoms with Gasteiger partial charge in [-0.2, -0.15) is 0 Å². The highest BCUT2D eigenvalue weighted by molar-refractivity contribution is 7.89. The fourth-order valence-electron chi connectivity index (χ4n) is 2.56. The number of nitrogens with two attached hydrogens (primary N) is 1. The Hall–Kier alpha value is -1.11. The van der Waals surface area contributed by atoms with E-state index < -0.39 is 10.0 Å². The van der Waals surface area contributed by atoms with E-state index in [-0.39, 0.29) is 21.9 Å². The van der Waals surface area contributed by atoms with Crippen molar-refractivity contribution in [2.45, 2.75) is 37.6 Å². The van der Waals surface area contributed by atoms with E-state index >= 15 is 0 Å². The van der Waals surface area contributed by atoms with E-state index in [1.807, 2.05) is 6.92 Å². The highest BCUT2D eigenvalue weighted by Gasteiger charge is 2.28. The lowest BCUT2D eigenvalue weighted by Gasteiger charge is -2.23. The van der Waals surface area contributed by atoms with Crippen LogP contribution in [0.1, 0.15) is 35.7 Å². The van der Waals surface area contributed by atoms with E-state index in [9.17, 15) is 13.2 Å². The normalized spacial score (nSPS) is 19.4. The molecule has 5 nitrogen and oxygen atoms in total. The maximum atomic E-state index is 12.5. The van der Waals surface area contributed by atoms with Gasteiger partial charge >= 0.3 is 0 Å². The van der Waals surface area contributed by atoms with Crippen LogP contribution in [-0.2, 0) is 10.0 Å². The lowest BCUT2D eigenvalue weighted by molar-refractivity contribution is 0.0746. The summed E-state index contributed by atoms with van der Waals surface area (Å²) in [5.74, 6) is -0.195. The summed E-state index contributed by atoms with van der Waals surface area (Å²) >= 11 is 5.92. The first kappa shape index (κ1) is 15.3. The second kappa shape index (κ2) is 5.35. The molecule has 20 heavy (non-hydrogen) atoms. The van der Waals surface area contributed by atoms with Gasteiger partial charge in [-0.05, 0) is 44.4 Å². The summed E-state index contributed by atoms with van der Waals surface area (Å²) in [6.07, 6.45) is 1.90. The van der Waals surface area contributed by atoms with Crippen molar-refractivity contribution >= 4 is 27.5 Å². The third-order valence-electron chi connectivity index (χ3n) is 3.68. The topological polar surface area (TPSA) is 80.5 Å². The first-order valence-corrected chi connectivity index (χ1v) is 8.28. The van der Waals surface area contributed by atoms with Gasteiger partial charge in [0.15, 0.2) is 0 Å². The number of carbonyl (C=O) groups is 1. The van der Waals surface area contributed by atoms with Crippen molar-refractivity contribution in [2.24, 2.45) is 5.14 Å². The molecule has 0 radical (unpaired) electrons. The Morgan fingerprint density at radius 3 is 2.60 bits per heavy atom. The smallest absolute Gasteiger partial charge is 0.254 e. The predicted octanol–water partition coefficient (Wildman–Crippen LogP) is 1.92. The third kappa shape index (κ3) is 2.82. The van der Waals surface area contributed by atoms with Gasteiger partial charge < -0.3 is 4.90 Å². The van der Waals surface area contributed by atoms with Gasteiger partial charge in [0.25, 0.3) is 5.91 Å². The molecule has 1 fully saturated rings. The zero-order valence-electron chi connectivity index (χ0n) is 11.4. The molecule has 1 aromatic carbocycles. The van der Waals surface area contributed by atoms with E-state index in [4.69, 9.17) is 16.7 Å². The molecule has 1 heterocycles. The largest absolute Gasteiger partial charge is 0.336 e. The highest BCUT2D eigenvalue weighted by Crippen LogP contribution is 2.27. The molecule has 1 aromatic rings. The molecule has 1 aliphatic heterocycles. The Balaban J connectivity index is 2.52. The average Bonchev–Trinajstić information content (AvgIpc) is 2.75. The Kier molecular flexibility index (Phi) is 4.09. The predicted molar refractivity (Wildman–Crippen MR) is 77.3 cm³/mol. The van der Waals surface area contributed by atoms with E-state index in [1.165, 1.54) is 12.1 Å². The number of rotatable bonds is 2. The summed E-state index contributed by atoms with van der Waals surface area (Å²) in [6, 6.07) is 2.92. The molecule has 0 aromatic heterocycles. The minimum atomic E-state index is -3.90. The number of benzene rings is 1. The van der Waals surface area contributed by atoms with E-state index in [0.29, 0.717) is 17.7 Å². The SMILES string of the molecule is Cc1c(C(=O)N2CCCC2C)cc(Cl)cc1S(N)(=O)=O. The number of nitrogens with zero attached hydrogens (tertiary/aromatic N) is 1. The van der Waals surface area contributed by atoms with Crippen LogP contribution in [0.4, 0.5) is 0 Å². The minimum Gasteiger partial charge on any atom is -0.336 e. The number of primary sulfonamides is 1. The Morgan fingerprint density at radius 1 is 1.45 bits per heavy atom. The van der Waals surface area contributed by atoms with Gasteiger partial charge in [-0.3, -0.25) is 4.79 Å². The molecule has 110 valence electrons. The Labute approximate surface area is 123 Å². The van der Waals surface area contributed by atoms with Crippen LogP contribution in [0.25, 0.3) is 0 Å². The quantitative estimate of drug-likeness (QED) is 0.905. The van der Waals surface area contributed by atoms with Crippen molar-refractivity contribution in [1.29, 1.82) is 0 Å². The fourth-order valence-corrected chi connectivity index (χ4v) is 3.67. The van der Waals surface area contributed by atoms with E-state index in [1.54, 1.807) is 11.8 Å². The van der Waals surface area contributed by atoms with Gasteiger partial charge in [-0.1, -0.05) is 11.6 Å². The summed E-state index contributed by atoms with van der Waals surface area (Å²) in [4.78, 5) is 14.2. The molecule has 1 unspecified atom stereocenters. The minimum absolute atomic E-state index is 0.0970. The number of sulfonamides is 1. The maximum Gasteiger partial charge on any atom is 0.254 e. The third-order valence-corrected chi connectivity index (χ3v) is 4.93. The highest BCUT2D eigenvalue weighted by atomic mass is 35.5. The van der Waals surface area contributed by atoms with Crippen molar-refractivity contribution < 1.29 is 13.2 Å². The second-order valence-corrected chi connectivity index (χ2v) is 7.08. The molecule has 2 N–H and O–H groups in total. The molecular weight excluding hydrogens is 300 g/mol. The van der Waals surface area contributed by atoms with Gasteiger partial charge in [-0.15, -0.1) is 0 Å². The number of hydrogen-bond acceptors (Lipinski definition) is 3. The van der Waals surface area contributed by atoms with Crippen LogP contribution in [0, 0.1) is 6.92 Å². The van der Waals surface area contributed by atoms with Crippen molar-refractivity contribution in [3.05, 3.63) is 28.3 Å². The van der Waals surface area contributed by atoms with E-state index in [2.05, 4.69) is 0 Å². The van der Waals surface area contributed by atoms with Gasteiger partial charge in [0.05, 0.1) is 4.90 Å². The van der Waals surface area contributed by atoms with Crippen LogP contribution < -0.4 is 5.14 Å². The Bertz CT molecular complexity index is 658. The van der Waals surface area contributed by atoms with Crippen molar-refractivity contribution in [1.82, 2.24) is 4.90 Å². The monoisotopic (exact) mass is 316 g/mol. The zero-order chi connectivity index (χ0) is 15.1. The molecule has 0 spiro atoms. The number of likely N-dealkylation sites (tertiary alicyclic amines) is 1. The lowest BCUT2D eigenvalue weighted by atomic mass is 10.1. The molecule has 2 rings (SSSR count). The number of halogens is 1. The standard InChI is InChI=1S/C13H17ClN2O3S/c1-8-4-3-5-16(8)13(17)11-6-10(14)7-12(9(11)2)20(15,18)19/h6-8H,3-5H2,1-2H3,(H2,15,18,19). The zero-order valence-corrected chi connectivity index (χ0v) is 13.0. The first-order chi connectivity index (χ1) is 9.21. The van der Waals surface area contributed by atoms with Gasteiger partial charge in [0.1, 0.15) is 0 Å². The molecule has 1 atom stereocenters. The lowest BCUT2D eigenvalue weighted by Crippen LogP contribution is -2.34. The fraction of sp³-hybridized carbons (Fsp3) is 0.462. The van der Waals surface area contributed by atoms with Crippen LogP contribution in [0.15, 0.2) is 17.0 Å². The molecule has 1 saturated heterocycles. The first-order valence-electron chi connectivity index (χ1n) is 6.35. The maximum absolute atomic E-state index is 12.5. The van der Waals surface area contributed by atoms with Crippen molar-refractivity contribution in [2.75, 3.05) is 6.54 Å². The van der Waals surface area contributed by atoms with Gasteiger partial charge in [0, 0.05) is 23.2 Å². The summed E-state index contributed by atoms with van der Waals surface area (Å²) in [6.45, 7) is 4.23. The summed E-state index contributed by atoms with van der Waals surface area (Å²) in [7, 11) is -3.90. The van der Waals surface area contributed by atoms with Crippen LogP contribution in [0.5, 0.6) is 0 Å². The Morgan fingerprint density at radius 2 is 2.10 bits per heavy atom. The molecule has 1 aliphatic rings. The van der Waals surface area contributed by atoms with E-state index in [0.717, 1.165) is 12.8 Å². The number of carbonyl (C=O) groups excluding carboxylic acids is 1. The number of amides is 1. The molecule has 7 heteroatoms. The summed E-state index contributed by atoms with van der Waals surface area (Å²) < 4.78 is 23.1. The van der Waals surface area contributed by atoms with Crippen LogP contribution >= 0.6 is 11.6 Å². The molecule has 1 amide bonds.